The summed E-state index contributed by atoms with van der Waals surface area (Å²) in [5.74, 6) is 0.261. The molecule has 0 saturated carbocycles. The third-order valence-electron chi connectivity index (χ3n) is 4.95. The van der Waals surface area contributed by atoms with Gasteiger partial charge in [0.1, 0.15) is 17.8 Å². The third-order valence-corrected chi connectivity index (χ3v) is 4.95. The number of aliphatic hydroxyl groups is 1. The van der Waals surface area contributed by atoms with Gasteiger partial charge in [-0.3, -0.25) is 14.7 Å². The van der Waals surface area contributed by atoms with Crippen molar-refractivity contribution in [2.24, 2.45) is 0 Å². The fourth-order valence-corrected chi connectivity index (χ4v) is 3.35. The Morgan fingerprint density at radius 1 is 1.36 bits per heavy atom. The lowest BCUT2D eigenvalue weighted by Gasteiger charge is -2.30. The van der Waals surface area contributed by atoms with Gasteiger partial charge in [0, 0.05) is 44.6 Å². The van der Waals surface area contributed by atoms with Crippen molar-refractivity contribution in [2.75, 3.05) is 38.2 Å². The highest BCUT2D eigenvalue weighted by Crippen LogP contribution is 2.17. The number of rotatable bonds is 7. The van der Waals surface area contributed by atoms with Crippen LogP contribution in [-0.2, 0) is 17.7 Å². The molecule has 0 unspecified atom stereocenters. The number of hydrogen-bond acceptors (Lipinski definition) is 8. The van der Waals surface area contributed by atoms with E-state index in [0.717, 1.165) is 19.5 Å². The molecule has 0 spiro atoms. The molecule has 9 nitrogen and oxygen atoms in total. The Balaban J connectivity index is 1.25. The molecule has 28 heavy (non-hydrogen) atoms. The maximum atomic E-state index is 12.3. The van der Waals surface area contributed by atoms with Crippen LogP contribution >= 0.6 is 0 Å². The predicted octanol–water partition coefficient (Wildman–Crippen LogP) is -0.169. The number of fused-ring (bicyclic) bond motifs is 1. The maximum Gasteiger partial charge on any atom is 0.270 e. The number of aliphatic hydroxyl groups excluding tert-OH is 1. The monoisotopic (exact) mass is 384 g/mol. The van der Waals surface area contributed by atoms with Gasteiger partial charge in [-0.1, -0.05) is 0 Å². The summed E-state index contributed by atoms with van der Waals surface area (Å²) in [4.78, 5) is 26.8. The topological polar surface area (TPSA) is 113 Å². The van der Waals surface area contributed by atoms with Gasteiger partial charge in [0.15, 0.2) is 0 Å². The summed E-state index contributed by atoms with van der Waals surface area (Å²) >= 11 is 0. The van der Waals surface area contributed by atoms with E-state index in [1.165, 1.54) is 17.5 Å². The summed E-state index contributed by atoms with van der Waals surface area (Å²) in [6, 6.07) is 3.87. The fourth-order valence-electron chi connectivity index (χ4n) is 3.35. The number of nitrogens with zero attached hydrogens (tertiary/aromatic N) is 4. The molecule has 0 bridgehead atoms. The molecule has 4 rings (SSSR count). The number of carbonyl (C=O) groups excluding carboxylic acids is 1. The van der Waals surface area contributed by atoms with E-state index in [9.17, 15) is 9.90 Å². The van der Waals surface area contributed by atoms with Crippen LogP contribution in [0.15, 0.2) is 30.9 Å². The highest BCUT2D eigenvalue weighted by Gasteiger charge is 2.21. The Morgan fingerprint density at radius 3 is 3.07 bits per heavy atom. The lowest BCUT2D eigenvalue weighted by molar-refractivity contribution is 0.0209. The highest BCUT2D eigenvalue weighted by atomic mass is 16.5. The first-order chi connectivity index (χ1) is 13.7. The summed E-state index contributed by atoms with van der Waals surface area (Å²) < 4.78 is 5.11. The number of hydrogen-bond donors (Lipinski definition) is 3. The molecular formula is C19H24N6O3. The van der Waals surface area contributed by atoms with Gasteiger partial charge in [0.25, 0.3) is 5.91 Å². The van der Waals surface area contributed by atoms with E-state index in [0.29, 0.717) is 25.6 Å². The van der Waals surface area contributed by atoms with Gasteiger partial charge in [-0.15, -0.1) is 0 Å². The third kappa shape index (κ3) is 4.61. The lowest BCUT2D eigenvalue weighted by atomic mass is 10.0. The van der Waals surface area contributed by atoms with Crippen molar-refractivity contribution in [1.29, 1.82) is 0 Å². The molecule has 9 heteroatoms. The van der Waals surface area contributed by atoms with Gasteiger partial charge in [-0.05, 0) is 23.6 Å². The molecule has 1 amide bonds. The zero-order valence-corrected chi connectivity index (χ0v) is 15.5. The van der Waals surface area contributed by atoms with Crippen molar-refractivity contribution in [3.05, 3.63) is 47.7 Å². The molecule has 0 aromatic carbocycles. The predicted molar refractivity (Wildman–Crippen MR) is 102 cm³/mol. The van der Waals surface area contributed by atoms with Crippen LogP contribution < -0.4 is 10.6 Å². The van der Waals surface area contributed by atoms with Gasteiger partial charge >= 0.3 is 0 Å². The first-order valence-corrected chi connectivity index (χ1v) is 9.44. The Morgan fingerprint density at radius 2 is 2.25 bits per heavy atom. The average Bonchev–Trinajstić information content (AvgIpc) is 2.69. The molecule has 1 atom stereocenters. The number of carbonyl (C=O) groups is 1. The Hall–Kier alpha value is -2.62. The van der Waals surface area contributed by atoms with E-state index in [4.69, 9.17) is 4.74 Å². The molecule has 3 N–H and O–H groups in total. The minimum absolute atomic E-state index is 0.165. The van der Waals surface area contributed by atoms with Crippen LogP contribution in [0.5, 0.6) is 0 Å². The zero-order valence-electron chi connectivity index (χ0n) is 15.5. The molecule has 1 fully saturated rings. The van der Waals surface area contributed by atoms with Crippen molar-refractivity contribution in [3.8, 4) is 0 Å². The number of aromatic nitrogens is 3. The van der Waals surface area contributed by atoms with Gasteiger partial charge in [0.05, 0.1) is 25.4 Å². The summed E-state index contributed by atoms with van der Waals surface area (Å²) in [5.41, 5.74) is 2.78. The van der Waals surface area contributed by atoms with Gasteiger partial charge in [0.2, 0.25) is 0 Å². The quantitative estimate of drug-likeness (QED) is 0.603. The van der Waals surface area contributed by atoms with Crippen molar-refractivity contribution < 1.29 is 14.6 Å². The Bertz CT molecular complexity index is 829. The SMILES string of the molecule is O=C(NC[C@H](O)CN1CCc2ccncc2C1)c1cc(NC2COC2)ncn1. The first kappa shape index (κ1) is 18.7. The number of ether oxygens (including phenoxy) is 1. The molecule has 2 aromatic rings. The standard InChI is InChI=1S/C19H24N6O3/c26-16(9-25-4-2-13-1-3-20-6-14(13)8-25)7-21-19(27)17-5-18(23-12-22-17)24-15-10-28-11-15/h1,3,5-6,12,15-16,26H,2,4,7-11H2,(H,21,27)(H,22,23,24)/t16-/m0/s1. The lowest BCUT2D eigenvalue weighted by Crippen LogP contribution is -2.42. The molecule has 1 saturated heterocycles. The fraction of sp³-hybridized carbons (Fsp3) is 0.474. The molecule has 4 heterocycles. The number of pyridine rings is 1. The van der Waals surface area contributed by atoms with E-state index in [-0.39, 0.29) is 24.2 Å². The van der Waals surface area contributed by atoms with Gasteiger partial charge in [-0.2, -0.15) is 0 Å². The molecule has 148 valence electrons. The van der Waals surface area contributed by atoms with Crippen molar-refractivity contribution in [1.82, 2.24) is 25.2 Å². The van der Waals surface area contributed by atoms with Crippen LogP contribution in [-0.4, -0.2) is 75.9 Å². The van der Waals surface area contributed by atoms with E-state index in [1.54, 1.807) is 6.07 Å². The summed E-state index contributed by atoms with van der Waals surface area (Å²) in [7, 11) is 0. The summed E-state index contributed by atoms with van der Waals surface area (Å²) in [6.45, 7) is 3.57. The van der Waals surface area contributed by atoms with E-state index < -0.39 is 6.10 Å². The van der Waals surface area contributed by atoms with E-state index in [1.807, 2.05) is 18.5 Å². The van der Waals surface area contributed by atoms with Crippen molar-refractivity contribution in [3.63, 3.8) is 0 Å². The van der Waals surface area contributed by atoms with Crippen molar-refractivity contribution in [2.45, 2.75) is 25.1 Å². The van der Waals surface area contributed by atoms with Crippen LogP contribution in [0.3, 0.4) is 0 Å². The van der Waals surface area contributed by atoms with Crippen molar-refractivity contribution >= 4 is 11.7 Å². The number of nitrogens with one attached hydrogen (secondary N) is 2. The second-order valence-corrected chi connectivity index (χ2v) is 7.16. The second-order valence-electron chi connectivity index (χ2n) is 7.16. The Kier molecular flexibility index (Phi) is 5.75. The molecule has 2 aliphatic rings. The first-order valence-electron chi connectivity index (χ1n) is 9.44. The number of anilines is 1. The van der Waals surface area contributed by atoms with Gasteiger partial charge in [-0.25, -0.2) is 9.97 Å². The normalized spacial score (nSPS) is 18.0. The Labute approximate surface area is 163 Å². The number of β-amino-alcohol motifs (C(OH)–C–C–N with tert-alkyl or cyclic N) is 1. The summed E-state index contributed by atoms with van der Waals surface area (Å²) in [5, 5.41) is 16.3. The van der Waals surface area contributed by atoms with Crippen LogP contribution in [0.1, 0.15) is 21.6 Å². The van der Waals surface area contributed by atoms with Crippen LogP contribution in [0.4, 0.5) is 5.82 Å². The molecule has 0 aliphatic carbocycles. The smallest absolute Gasteiger partial charge is 0.270 e. The average molecular weight is 384 g/mol. The van der Waals surface area contributed by atoms with Gasteiger partial charge < -0.3 is 20.5 Å². The van der Waals surface area contributed by atoms with Crippen LogP contribution in [0.2, 0.25) is 0 Å². The van der Waals surface area contributed by atoms with Crippen LogP contribution in [0.25, 0.3) is 0 Å². The van der Waals surface area contributed by atoms with Crippen LogP contribution in [0, 0.1) is 0 Å². The second kappa shape index (κ2) is 8.59. The number of amides is 1. The highest BCUT2D eigenvalue weighted by molar-refractivity contribution is 5.92. The summed E-state index contributed by atoms with van der Waals surface area (Å²) in [6.07, 6.45) is 5.33. The molecule has 2 aromatic heterocycles. The van der Waals surface area contributed by atoms with E-state index in [2.05, 4.69) is 30.5 Å². The minimum atomic E-state index is -0.659. The minimum Gasteiger partial charge on any atom is -0.390 e. The van der Waals surface area contributed by atoms with E-state index >= 15 is 0 Å². The molecule has 0 radical (unpaired) electrons. The molecular weight excluding hydrogens is 360 g/mol. The molecule has 2 aliphatic heterocycles. The maximum absolute atomic E-state index is 12.3. The zero-order chi connectivity index (χ0) is 19.3. The largest absolute Gasteiger partial charge is 0.390 e.